The predicted molar refractivity (Wildman–Crippen MR) is 99.5 cm³/mol. The van der Waals surface area contributed by atoms with Gasteiger partial charge in [-0.15, -0.1) is 0 Å². The number of hydrogen-bond donors (Lipinski definition) is 1. The number of benzene rings is 2. The van der Waals surface area contributed by atoms with Crippen LogP contribution in [0.1, 0.15) is 17.3 Å². The van der Waals surface area contributed by atoms with Crippen LogP contribution in [0.4, 0.5) is 5.69 Å². The van der Waals surface area contributed by atoms with Gasteiger partial charge in [0.25, 0.3) is 5.91 Å². The Balaban J connectivity index is 1.82. The predicted octanol–water partition coefficient (Wildman–Crippen LogP) is 3.11. The number of methoxy groups -OCH3 is 1. The van der Waals surface area contributed by atoms with E-state index in [2.05, 4.69) is 5.32 Å². The van der Waals surface area contributed by atoms with Gasteiger partial charge in [0.15, 0.2) is 12.7 Å². The highest BCUT2D eigenvalue weighted by Gasteiger charge is 2.18. The van der Waals surface area contributed by atoms with E-state index in [1.807, 2.05) is 0 Å². The van der Waals surface area contributed by atoms with Crippen molar-refractivity contribution in [2.75, 3.05) is 19.0 Å². The molecule has 0 heterocycles. The summed E-state index contributed by atoms with van der Waals surface area (Å²) in [6.45, 7) is 1.07. The summed E-state index contributed by atoms with van der Waals surface area (Å²) in [7, 11) is 1.49. The molecule has 0 fully saturated rings. The van der Waals surface area contributed by atoms with E-state index in [0.29, 0.717) is 34.1 Å². The van der Waals surface area contributed by atoms with E-state index < -0.39 is 18.0 Å². The largest absolute Gasteiger partial charge is 0.495 e. The number of rotatable bonds is 8. The Morgan fingerprint density at radius 1 is 1.19 bits per heavy atom. The second-order valence-electron chi connectivity index (χ2n) is 5.45. The first kappa shape index (κ1) is 20.3. The molecule has 7 nitrogen and oxygen atoms in total. The molecule has 0 aromatic heterocycles. The molecule has 0 unspecified atom stereocenters. The lowest BCUT2D eigenvalue weighted by Crippen LogP contribution is -2.31. The molecule has 27 heavy (non-hydrogen) atoms. The number of halogens is 1. The molecular weight excluding hydrogens is 374 g/mol. The molecule has 1 amide bonds. The minimum absolute atomic E-state index is 0.342. The third-order valence-electron chi connectivity index (χ3n) is 3.47. The molecule has 0 aliphatic carbocycles. The van der Waals surface area contributed by atoms with Crippen LogP contribution in [0.2, 0.25) is 5.02 Å². The first-order chi connectivity index (χ1) is 12.9. The first-order valence-corrected chi connectivity index (χ1v) is 8.32. The molecular formula is C19H18ClNO6. The van der Waals surface area contributed by atoms with Crippen LogP contribution in [0.25, 0.3) is 0 Å². The SMILES string of the molecule is COc1ccc(NC(=O)[C@@H](C)OC(=O)COc2ccc(C=O)cc2)cc1Cl. The number of aldehydes is 1. The van der Waals surface area contributed by atoms with Crippen LogP contribution >= 0.6 is 11.6 Å². The Labute approximate surface area is 161 Å². The molecule has 2 aromatic rings. The molecule has 8 heteroatoms. The lowest BCUT2D eigenvalue weighted by molar-refractivity contribution is -0.155. The maximum absolute atomic E-state index is 12.1. The van der Waals surface area contributed by atoms with Crippen LogP contribution in [0.5, 0.6) is 11.5 Å². The van der Waals surface area contributed by atoms with Gasteiger partial charge in [0.2, 0.25) is 0 Å². The summed E-state index contributed by atoms with van der Waals surface area (Å²) in [4.78, 5) is 34.5. The molecule has 0 bridgehead atoms. The van der Waals surface area contributed by atoms with Crippen molar-refractivity contribution < 1.29 is 28.6 Å². The highest BCUT2D eigenvalue weighted by atomic mass is 35.5. The Morgan fingerprint density at radius 3 is 2.48 bits per heavy atom. The standard InChI is InChI=1S/C19H18ClNO6/c1-12(19(24)21-14-5-8-17(25-2)16(20)9-14)27-18(23)11-26-15-6-3-13(10-22)4-7-15/h3-10,12H,11H2,1-2H3,(H,21,24)/t12-/m1/s1. The zero-order valence-corrected chi connectivity index (χ0v) is 15.5. The van der Waals surface area contributed by atoms with E-state index in [1.54, 1.807) is 36.4 Å². The molecule has 0 spiro atoms. The van der Waals surface area contributed by atoms with Gasteiger partial charge in [-0.25, -0.2) is 4.79 Å². The molecule has 0 saturated heterocycles. The summed E-state index contributed by atoms with van der Waals surface area (Å²) in [6.07, 6.45) is -0.326. The fourth-order valence-electron chi connectivity index (χ4n) is 2.06. The zero-order valence-electron chi connectivity index (χ0n) is 14.7. The highest BCUT2D eigenvalue weighted by molar-refractivity contribution is 6.32. The van der Waals surface area contributed by atoms with Crippen molar-refractivity contribution in [2.45, 2.75) is 13.0 Å². The van der Waals surface area contributed by atoms with E-state index >= 15 is 0 Å². The van der Waals surface area contributed by atoms with Crippen LogP contribution in [0.3, 0.4) is 0 Å². The minimum atomic E-state index is -1.03. The van der Waals surface area contributed by atoms with Crippen LogP contribution in [0.15, 0.2) is 42.5 Å². The second kappa shape index (κ2) is 9.59. The molecule has 1 N–H and O–H groups in total. The summed E-state index contributed by atoms with van der Waals surface area (Å²) < 4.78 is 15.3. The van der Waals surface area contributed by atoms with Crippen molar-refractivity contribution in [3.63, 3.8) is 0 Å². The van der Waals surface area contributed by atoms with Crippen LogP contribution in [-0.2, 0) is 14.3 Å². The quantitative estimate of drug-likeness (QED) is 0.549. The Morgan fingerprint density at radius 2 is 1.89 bits per heavy atom. The molecule has 0 aliphatic rings. The van der Waals surface area contributed by atoms with Crippen molar-refractivity contribution in [3.8, 4) is 11.5 Å². The summed E-state index contributed by atoms with van der Waals surface area (Å²) in [5.74, 6) is -0.334. The molecule has 2 rings (SSSR count). The third kappa shape index (κ3) is 6.00. The molecule has 0 aliphatic heterocycles. The summed E-state index contributed by atoms with van der Waals surface area (Å²) in [5.41, 5.74) is 0.939. The second-order valence-corrected chi connectivity index (χ2v) is 5.85. The van der Waals surface area contributed by atoms with Crippen LogP contribution in [0, 0.1) is 0 Å². The monoisotopic (exact) mass is 391 g/mol. The average molecular weight is 392 g/mol. The molecule has 0 saturated carbocycles. The molecule has 0 radical (unpaired) electrons. The van der Waals surface area contributed by atoms with Gasteiger partial charge < -0.3 is 19.5 Å². The van der Waals surface area contributed by atoms with Crippen LogP contribution in [-0.4, -0.2) is 38.0 Å². The Hall–Kier alpha value is -3.06. The summed E-state index contributed by atoms with van der Waals surface area (Å²) >= 11 is 6.00. The minimum Gasteiger partial charge on any atom is -0.495 e. The highest BCUT2D eigenvalue weighted by Crippen LogP contribution is 2.27. The number of ether oxygens (including phenoxy) is 3. The van der Waals surface area contributed by atoms with E-state index in [1.165, 1.54) is 20.1 Å². The average Bonchev–Trinajstić information content (AvgIpc) is 2.66. The molecule has 2 aromatic carbocycles. The van der Waals surface area contributed by atoms with Gasteiger partial charge in [0, 0.05) is 11.3 Å². The van der Waals surface area contributed by atoms with Crippen molar-refractivity contribution >= 4 is 35.5 Å². The van der Waals surface area contributed by atoms with Crippen LogP contribution < -0.4 is 14.8 Å². The third-order valence-corrected chi connectivity index (χ3v) is 3.77. The summed E-state index contributed by atoms with van der Waals surface area (Å²) in [6, 6.07) is 11.0. The van der Waals surface area contributed by atoms with Gasteiger partial charge in [-0.2, -0.15) is 0 Å². The van der Waals surface area contributed by atoms with Crippen molar-refractivity contribution in [3.05, 3.63) is 53.1 Å². The fourth-order valence-corrected chi connectivity index (χ4v) is 2.32. The van der Waals surface area contributed by atoms with Gasteiger partial charge in [-0.1, -0.05) is 11.6 Å². The topological polar surface area (TPSA) is 90.9 Å². The van der Waals surface area contributed by atoms with Crippen molar-refractivity contribution in [1.82, 2.24) is 0 Å². The van der Waals surface area contributed by atoms with E-state index in [-0.39, 0.29) is 6.61 Å². The number of anilines is 1. The lowest BCUT2D eigenvalue weighted by atomic mass is 10.2. The maximum Gasteiger partial charge on any atom is 0.344 e. The molecule has 1 atom stereocenters. The number of hydrogen-bond acceptors (Lipinski definition) is 6. The number of nitrogens with one attached hydrogen (secondary N) is 1. The lowest BCUT2D eigenvalue weighted by Gasteiger charge is -2.14. The van der Waals surface area contributed by atoms with E-state index in [4.69, 9.17) is 25.8 Å². The van der Waals surface area contributed by atoms with Gasteiger partial charge >= 0.3 is 5.97 Å². The first-order valence-electron chi connectivity index (χ1n) is 7.95. The van der Waals surface area contributed by atoms with Crippen molar-refractivity contribution in [2.24, 2.45) is 0 Å². The van der Waals surface area contributed by atoms with Gasteiger partial charge in [0.05, 0.1) is 12.1 Å². The number of carbonyl (C=O) groups is 3. The van der Waals surface area contributed by atoms with E-state index in [9.17, 15) is 14.4 Å². The zero-order chi connectivity index (χ0) is 19.8. The fraction of sp³-hybridized carbons (Fsp3) is 0.211. The van der Waals surface area contributed by atoms with Crippen molar-refractivity contribution in [1.29, 1.82) is 0 Å². The Kier molecular flexibility index (Phi) is 7.19. The maximum atomic E-state index is 12.1. The number of carbonyl (C=O) groups excluding carboxylic acids is 3. The molecule has 142 valence electrons. The van der Waals surface area contributed by atoms with E-state index in [0.717, 1.165) is 0 Å². The number of amides is 1. The normalized spacial score (nSPS) is 11.2. The smallest absolute Gasteiger partial charge is 0.344 e. The van der Waals surface area contributed by atoms with Gasteiger partial charge in [-0.05, 0) is 49.4 Å². The van der Waals surface area contributed by atoms with Gasteiger partial charge in [-0.3, -0.25) is 9.59 Å². The number of esters is 1. The van der Waals surface area contributed by atoms with Gasteiger partial charge in [0.1, 0.15) is 17.8 Å². The summed E-state index contributed by atoms with van der Waals surface area (Å²) in [5, 5.41) is 2.94. The Bertz CT molecular complexity index is 821.